The third-order valence-corrected chi connectivity index (χ3v) is 6.06. The fourth-order valence-electron chi connectivity index (χ4n) is 4.13. The highest BCUT2D eigenvalue weighted by Gasteiger charge is 2.43. The SMILES string of the molecule is Cc1c(C)c2c(c(C)c1O)CCC(C)(C(=O)N1CCc3[nH]ncc3C1)O2. The summed E-state index contributed by atoms with van der Waals surface area (Å²) in [5.74, 6) is 1.13. The van der Waals surface area contributed by atoms with Gasteiger partial charge >= 0.3 is 0 Å². The zero-order valence-electron chi connectivity index (χ0n) is 15.8. The maximum absolute atomic E-state index is 13.3. The third kappa shape index (κ3) is 2.39. The van der Waals surface area contributed by atoms with E-state index >= 15 is 0 Å². The number of fused-ring (bicyclic) bond motifs is 2. The van der Waals surface area contributed by atoms with Gasteiger partial charge in [0.05, 0.1) is 6.20 Å². The van der Waals surface area contributed by atoms with E-state index in [2.05, 4.69) is 10.2 Å². The van der Waals surface area contributed by atoms with Crippen molar-refractivity contribution in [1.82, 2.24) is 15.1 Å². The van der Waals surface area contributed by atoms with Gasteiger partial charge in [0, 0.05) is 42.8 Å². The van der Waals surface area contributed by atoms with Gasteiger partial charge in [-0.15, -0.1) is 0 Å². The number of phenolic OH excluding ortho intramolecular Hbond substituents is 1. The fraction of sp³-hybridized carbons (Fsp3) is 0.500. The minimum absolute atomic E-state index is 0.0257. The molecule has 2 aliphatic heterocycles. The normalized spacial score (nSPS) is 21.8. The summed E-state index contributed by atoms with van der Waals surface area (Å²) in [6.45, 7) is 8.89. The highest BCUT2D eigenvalue weighted by atomic mass is 16.5. The first-order chi connectivity index (χ1) is 12.3. The molecule has 2 N–H and O–H groups in total. The Morgan fingerprint density at radius 1 is 1.27 bits per heavy atom. The molecule has 0 saturated heterocycles. The van der Waals surface area contributed by atoms with E-state index in [1.165, 1.54) is 0 Å². The van der Waals surface area contributed by atoms with Gasteiger partial charge in [0.1, 0.15) is 11.5 Å². The molecule has 2 aromatic rings. The van der Waals surface area contributed by atoms with Crippen LogP contribution in [0.5, 0.6) is 11.5 Å². The van der Waals surface area contributed by atoms with Crippen LogP contribution in [0, 0.1) is 20.8 Å². The number of nitrogens with zero attached hydrogens (tertiary/aromatic N) is 2. The number of phenols is 1. The van der Waals surface area contributed by atoms with Gasteiger partial charge in [0.2, 0.25) is 0 Å². The van der Waals surface area contributed by atoms with Crippen molar-refractivity contribution in [3.63, 3.8) is 0 Å². The molecule has 0 spiro atoms. The Balaban J connectivity index is 1.64. The quantitative estimate of drug-likeness (QED) is 0.824. The van der Waals surface area contributed by atoms with E-state index in [9.17, 15) is 9.90 Å². The number of nitrogens with one attached hydrogen (secondary N) is 1. The number of amides is 1. The molecule has 6 nitrogen and oxygen atoms in total. The Morgan fingerprint density at radius 2 is 2.04 bits per heavy atom. The lowest BCUT2D eigenvalue weighted by molar-refractivity contribution is -0.149. The van der Waals surface area contributed by atoms with E-state index < -0.39 is 5.60 Å². The highest BCUT2D eigenvalue weighted by Crippen LogP contribution is 2.43. The second kappa shape index (κ2) is 5.76. The van der Waals surface area contributed by atoms with Crippen LogP contribution in [0.4, 0.5) is 0 Å². The molecule has 6 heteroatoms. The molecule has 0 aliphatic carbocycles. The number of H-pyrrole nitrogens is 1. The lowest BCUT2D eigenvalue weighted by Crippen LogP contribution is -2.53. The molecule has 0 bridgehead atoms. The summed E-state index contributed by atoms with van der Waals surface area (Å²) in [6.07, 6.45) is 3.92. The van der Waals surface area contributed by atoms with E-state index in [-0.39, 0.29) is 5.91 Å². The first kappa shape index (κ1) is 16.9. The molecule has 0 radical (unpaired) electrons. The molecule has 1 aromatic heterocycles. The Kier molecular flexibility index (Phi) is 3.75. The summed E-state index contributed by atoms with van der Waals surface area (Å²) < 4.78 is 6.33. The zero-order valence-corrected chi connectivity index (χ0v) is 15.8. The number of aromatic nitrogens is 2. The fourth-order valence-corrected chi connectivity index (χ4v) is 4.13. The van der Waals surface area contributed by atoms with Crippen molar-refractivity contribution in [2.45, 2.75) is 59.1 Å². The number of aromatic hydroxyl groups is 1. The summed E-state index contributed by atoms with van der Waals surface area (Å²) in [6, 6.07) is 0. The number of benzene rings is 1. The van der Waals surface area contributed by atoms with Gasteiger partial charge < -0.3 is 14.7 Å². The van der Waals surface area contributed by atoms with Crippen molar-refractivity contribution in [3.8, 4) is 11.5 Å². The molecule has 1 atom stereocenters. The number of ether oxygens (including phenoxy) is 1. The molecule has 1 unspecified atom stereocenters. The minimum atomic E-state index is -0.880. The topological polar surface area (TPSA) is 78.5 Å². The van der Waals surface area contributed by atoms with Crippen LogP contribution < -0.4 is 4.74 Å². The predicted octanol–water partition coefficient (Wildman–Crippen LogP) is 2.71. The van der Waals surface area contributed by atoms with Crippen molar-refractivity contribution < 1.29 is 14.6 Å². The van der Waals surface area contributed by atoms with E-state index in [1.54, 1.807) is 6.20 Å². The number of carbonyl (C=O) groups is 1. The van der Waals surface area contributed by atoms with E-state index in [4.69, 9.17) is 4.74 Å². The Hall–Kier alpha value is -2.50. The van der Waals surface area contributed by atoms with Gasteiger partial charge in [0.15, 0.2) is 5.60 Å². The molecule has 0 fully saturated rings. The van der Waals surface area contributed by atoms with Crippen molar-refractivity contribution in [3.05, 3.63) is 39.7 Å². The minimum Gasteiger partial charge on any atom is -0.507 e. The van der Waals surface area contributed by atoms with Crippen LogP contribution in [-0.2, 0) is 24.2 Å². The average Bonchev–Trinajstić information content (AvgIpc) is 3.11. The number of hydrogen-bond donors (Lipinski definition) is 2. The van der Waals surface area contributed by atoms with Gasteiger partial charge in [-0.25, -0.2) is 0 Å². The number of carbonyl (C=O) groups excluding carboxylic acids is 1. The molecule has 1 amide bonds. The first-order valence-corrected chi connectivity index (χ1v) is 9.13. The van der Waals surface area contributed by atoms with Crippen LogP contribution in [-0.4, -0.2) is 38.3 Å². The molecule has 2 aliphatic rings. The monoisotopic (exact) mass is 355 g/mol. The molecular weight excluding hydrogens is 330 g/mol. The van der Waals surface area contributed by atoms with Crippen LogP contribution in [0.2, 0.25) is 0 Å². The van der Waals surface area contributed by atoms with E-state index in [1.807, 2.05) is 32.6 Å². The Morgan fingerprint density at radius 3 is 2.81 bits per heavy atom. The summed E-state index contributed by atoms with van der Waals surface area (Å²) in [5.41, 5.74) is 4.93. The highest BCUT2D eigenvalue weighted by molar-refractivity contribution is 5.86. The summed E-state index contributed by atoms with van der Waals surface area (Å²) in [4.78, 5) is 15.2. The van der Waals surface area contributed by atoms with E-state index in [0.717, 1.165) is 52.1 Å². The predicted molar refractivity (Wildman–Crippen MR) is 97.4 cm³/mol. The Labute approximate surface area is 153 Å². The van der Waals surface area contributed by atoms with Gasteiger partial charge in [-0.3, -0.25) is 9.89 Å². The zero-order chi connectivity index (χ0) is 18.6. The molecule has 1 aromatic carbocycles. The van der Waals surface area contributed by atoms with Gasteiger partial charge in [-0.2, -0.15) is 5.10 Å². The van der Waals surface area contributed by atoms with Crippen LogP contribution in [0.1, 0.15) is 46.9 Å². The molecule has 138 valence electrons. The number of aromatic amines is 1. The van der Waals surface area contributed by atoms with Gasteiger partial charge in [-0.1, -0.05) is 0 Å². The first-order valence-electron chi connectivity index (χ1n) is 9.13. The molecule has 26 heavy (non-hydrogen) atoms. The largest absolute Gasteiger partial charge is 0.507 e. The van der Waals surface area contributed by atoms with Crippen molar-refractivity contribution >= 4 is 5.91 Å². The number of rotatable bonds is 1. The standard InChI is InChI=1S/C20H25N3O3/c1-11-12(2)18-15(13(3)17(11)24)5-7-20(4,26-18)19(25)23-8-6-16-14(10-23)9-21-22-16/h9,24H,5-8,10H2,1-4H3,(H,21,22). The third-order valence-electron chi connectivity index (χ3n) is 6.06. The molecule has 4 rings (SSSR count). The smallest absolute Gasteiger partial charge is 0.266 e. The van der Waals surface area contributed by atoms with Crippen molar-refractivity contribution in [2.24, 2.45) is 0 Å². The lowest BCUT2D eigenvalue weighted by atomic mass is 9.86. The summed E-state index contributed by atoms with van der Waals surface area (Å²) in [5, 5.41) is 17.4. The van der Waals surface area contributed by atoms with Crippen molar-refractivity contribution in [1.29, 1.82) is 0 Å². The molecular formula is C20H25N3O3. The van der Waals surface area contributed by atoms with Gasteiger partial charge in [0.25, 0.3) is 5.91 Å². The van der Waals surface area contributed by atoms with Crippen LogP contribution >= 0.6 is 0 Å². The van der Waals surface area contributed by atoms with E-state index in [0.29, 0.717) is 25.3 Å². The van der Waals surface area contributed by atoms with Crippen LogP contribution in [0.25, 0.3) is 0 Å². The molecule has 0 saturated carbocycles. The average molecular weight is 355 g/mol. The second-order valence-corrected chi connectivity index (χ2v) is 7.71. The van der Waals surface area contributed by atoms with Crippen LogP contribution in [0.3, 0.4) is 0 Å². The number of hydrogen-bond acceptors (Lipinski definition) is 4. The maximum atomic E-state index is 13.3. The second-order valence-electron chi connectivity index (χ2n) is 7.71. The van der Waals surface area contributed by atoms with Crippen molar-refractivity contribution in [2.75, 3.05) is 6.54 Å². The molecule has 3 heterocycles. The van der Waals surface area contributed by atoms with Crippen LogP contribution in [0.15, 0.2) is 6.20 Å². The Bertz CT molecular complexity index is 902. The maximum Gasteiger partial charge on any atom is 0.266 e. The lowest BCUT2D eigenvalue weighted by Gasteiger charge is -2.40. The summed E-state index contributed by atoms with van der Waals surface area (Å²) in [7, 11) is 0. The summed E-state index contributed by atoms with van der Waals surface area (Å²) >= 11 is 0. The van der Waals surface area contributed by atoms with Gasteiger partial charge in [-0.05, 0) is 50.8 Å².